The zero-order chi connectivity index (χ0) is 18.0. The highest BCUT2D eigenvalue weighted by atomic mass is 16.5. The zero-order valence-corrected chi connectivity index (χ0v) is 14.2. The van der Waals surface area contributed by atoms with Gasteiger partial charge in [-0.3, -0.25) is 0 Å². The van der Waals surface area contributed by atoms with Crippen molar-refractivity contribution in [2.24, 2.45) is 0 Å². The van der Waals surface area contributed by atoms with E-state index >= 15 is 0 Å². The third kappa shape index (κ3) is 3.41. The van der Waals surface area contributed by atoms with Gasteiger partial charge < -0.3 is 9.84 Å². The Morgan fingerprint density at radius 2 is 1.88 bits per heavy atom. The number of aryl methyl sites for hydroxylation is 1. The van der Waals surface area contributed by atoms with Crippen molar-refractivity contribution in [3.63, 3.8) is 0 Å². The highest BCUT2D eigenvalue weighted by Crippen LogP contribution is 2.26. The van der Waals surface area contributed by atoms with Crippen LogP contribution in [0.1, 0.15) is 34.8 Å². The van der Waals surface area contributed by atoms with E-state index in [0.29, 0.717) is 11.5 Å². The number of nitrogens with zero attached hydrogens (tertiary/aromatic N) is 4. The van der Waals surface area contributed by atoms with Gasteiger partial charge in [0, 0.05) is 7.11 Å². The minimum atomic E-state index is -1.01. The summed E-state index contributed by atoms with van der Waals surface area (Å²) in [6.45, 7) is 3.83. The zero-order valence-electron chi connectivity index (χ0n) is 14.2. The van der Waals surface area contributed by atoms with Gasteiger partial charge in [0.15, 0.2) is 5.82 Å². The number of rotatable bonds is 5. The maximum atomic E-state index is 11.5. The molecule has 7 nitrogen and oxygen atoms in total. The van der Waals surface area contributed by atoms with Gasteiger partial charge in [0.2, 0.25) is 0 Å². The van der Waals surface area contributed by atoms with Crippen LogP contribution < -0.4 is 0 Å². The summed E-state index contributed by atoms with van der Waals surface area (Å²) in [6.07, 6.45) is -0.327. The summed E-state index contributed by atoms with van der Waals surface area (Å²) in [4.78, 5) is 11.5. The average Bonchev–Trinajstić information content (AvgIpc) is 3.11. The molecule has 0 saturated heterocycles. The molecule has 128 valence electrons. The molecule has 3 rings (SSSR count). The Hall–Kier alpha value is -3.06. The summed E-state index contributed by atoms with van der Waals surface area (Å²) in [5.41, 5.74) is 3.57. The van der Waals surface area contributed by atoms with E-state index in [1.807, 2.05) is 44.2 Å². The maximum Gasteiger partial charge on any atom is 0.335 e. The molecule has 0 fully saturated rings. The summed E-state index contributed by atoms with van der Waals surface area (Å²) < 4.78 is 6.78. The van der Waals surface area contributed by atoms with Gasteiger partial charge in [0.1, 0.15) is 6.10 Å². The number of benzene rings is 2. The Morgan fingerprint density at radius 1 is 1.16 bits per heavy atom. The van der Waals surface area contributed by atoms with Gasteiger partial charge in [0.25, 0.3) is 0 Å². The first-order chi connectivity index (χ1) is 12.0. The number of carboxylic acids is 1. The van der Waals surface area contributed by atoms with Gasteiger partial charge >= 0.3 is 5.97 Å². The molecule has 1 aromatic heterocycles. The van der Waals surface area contributed by atoms with Crippen LogP contribution >= 0.6 is 0 Å². The fourth-order valence-corrected chi connectivity index (χ4v) is 2.51. The molecule has 0 spiro atoms. The van der Waals surface area contributed by atoms with E-state index in [0.717, 1.165) is 16.7 Å². The first-order valence-corrected chi connectivity index (χ1v) is 7.76. The molecule has 3 aromatic rings. The number of tetrazole rings is 1. The van der Waals surface area contributed by atoms with Crippen molar-refractivity contribution in [3.8, 4) is 16.8 Å². The van der Waals surface area contributed by atoms with Crippen molar-refractivity contribution in [1.82, 2.24) is 20.2 Å². The first-order valence-electron chi connectivity index (χ1n) is 7.76. The third-order valence-electron chi connectivity index (χ3n) is 4.00. The lowest BCUT2D eigenvalue weighted by Crippen LogP contribution is -2.09. The monoisotopic (exact) mass is 338 g/mol. The molecule has 1 heterocycles. The number of carboxylic acid groups (broad SMARTS) is 1. The third-order valence-corrected chi connectivity index (χ3v) is 4.00. The van der Waals surface area contributed by atoms with Crippen molar-refractivity contribution in [3.05, 3.63) is 59.4 Å². The molecule has 0 aliphatic rings. The molecule has 0 amide bonds. The van der Waals surface area contributed by atoms with Gasteiger partial charge in [-0.15, -0.1) is 5.10 Å². The number of ether oxygens (including phenoxy) is 1. The summed E-state index contributed by atoms with van der Waals surface area (Å²) in [5.74, 6) is -0.510. The van der Waals surface area contributed by atoms with Gasteiger partial charge in [-0.25, -0.2) is 4.79 Å². The van der Waals surface area contributed by atoms with Crippen LogP contribution in [0.3, 0.4) is 0 Å². The number of carbonyl (C=O) groups is 1. The first kappa shape index (κ1) is 16.8. The highest BCUT2D eigenvalue weighted by Gasteiger charge is 2.17. The minimum absolute atomic E-state index is 0.166. The van der Waals surface area contributed by atoms with Crippen LogP contribution in [0, 0.1) is 6.92 Å². The van der Waals surface area contributed by atoms with Crippen LogP contribution in [0.2, 0.25) is 0 Å². The normalized spacial score (nSPS) is 12.1. The standard InChI is InChI=1S/C18H18N4O3/c1-11-4-6-13(7-5-11)14-8-15(18(23)24)10-16(9-14)22-17(12(2)25-3)19-20-21-22/h4-10,12H,1-3H3,(H,23,24). The van der Waals surface area contributed by atoms with E-state index < -0.39 is 5.97 Å². The maximum absolute atomic E-state index is 11.5. The fourth-order valence-electron chi connectivity index (χ4n) is 2.51. The van der Waals surface area contributed by atoms with Crippen LogP contribution in [-0.4, -0.2) is 38.4 Å². The van der Waals surface area contributed by atoms with Gasteiger partial charge in [0.05, 0.1) is 11.3 Å². The van der Waals surface area contributed by atoms with Crippen molar-refractivity contribution < 1.29 is 14.6 Å². The van der Waals surface area contributed by atoms with Crippen molar-refractivity contribution in [1.29, 1.82) is 0 Å². The van der Waals surface area contributed by atoms with Gasteiger partial charge in [-0.05, 0) is 53.6 Å². The summed E-state index contributed by atoms with van der Waals surface area (Å²) in [7, 11) is 1.56. The van der Waals surface area contributed by atoms with Crippen LogP contribution in [0.25, 0.3) is 16.8 Å². The molecule has 0 bridgehead atoms. The highest BCUT2D eigenvalue weighted by molar-refractivity contribution is 5.90. The summed E-state index contributed by atoms with van der Waals surface area (Å²) in [5, 5.41) is 21.1. The number of aromatic nitrogens is 4. The van der Waals surface area contributed by atoms with Gasteiger partial charge in [-0.1, -0.05) is 29.8 Å². The number of methoxy groups -OCH3 is 1. The van der Waals surface area contributed by atoms with Crippen LogP contribution in [0.5, 0.6) is 0 Å². The summed E-state index contributed by atoms with van der Waals surface area (Å²) >= 11 is 0. The molecule has 7 heteroatoms. The van der Waals surface area contributed by atoms with Crippen molar-refractivity contribution in [2.75, 3.05) is 7.11 Å². The molecular weight excluding hydrogens is 320 g/mol. The van der Waals surface area contributed by atoms with E-state index in [1.165, 1.54) is 4.68 Å². The molecule has 2 aromatic carbocycles. The minimum Gasteiger partial charge on any atom is -0.478 e. The molecule has 25 heavy (non-hydrogen) atoms. The molecule has 0 radical (unpaired) electrons. The number of hydrogen-bond acceptors (Lipinski definition) is 5. The second kappa shape index (κ2) is 6.82. The smallest absolute Gasteiger partial charge is 0.335 e. The van der Waals surface area contributed by atoms with Crippen LogP contribution in [-0.2, 0) is 4.74 Å². The fraction of sp³-hybridized carbons (Fsp3) is 0.222. The molecule has 1 atom stereocenters. The summed E-state index contributed by atoms with van der Waals surface area (Å²) in [6, 6.07) is 12.9. The lowest BCUT2D eigenvalue weighted by molar-refractivity contribution is 0.0697. The predicted molar refractivity (Wildman–Crippen MR) is 91.7 cm³/mol. The molecule has 0 saturated carbocycles. The Bertz CT molecular complexity index is 903. The SMILES string of the molecule is COC(C)c1nnnn1-c1cc(C(=O)O)cc(-c2ccc(C)cc2)c1. The second-order valence-electron chi connectivity index (χ2n) is 5.77. The Balaban J connectivity index is 2.16. The topological polar surface area (TPSA) is 90.1 Å². The Labute approximate surface area is 144 Å². The molecular formula is C18H18N4O3. The average molecular weight is 338 g/mol. The van der Waals surface area contributed by atoms with E-state index in [4.69, 9.17) is 4.74 Å². The van der Waals surface area contributed by atoms with E-state index in [1.54, 1.807) is 19.2 Å². The second-order valence-corrected chi connectivity index (χ2v) is 5.77. The van der Waals surface area contributed by atoms with Crippen LogP contribution in [0.4, 0.5) is 0 Å². The predicted octanol–water partition coefficient (Wildman–Crippen LogP) is 3.04. The number of hydrogen-bond donors (Lipinski definition) is 1. The molecule has 1 unspecified atom stereocenters. The van der Waals surface area contributed by atoms with E-state index in [2.05, 4.69) is 15.5 Å². The van der Waals surface area contributed by atoms with E-state index in [-0.39, 0.29) is 11.7 Å². The Kier molecular flexibility index (Phi) is 4.58. The molecule has 0 aliphatic heterocycles. The number of aromatic carboxylic acids is 1. The Morgan fingerprint density at radius 3 is 2.52 bits per heavy atom. The lowest BCUT2D eigenvalue weighted by atomic mass is 10.0. The lowest BCUT2D eigenvalue weighted by Gasteiger charge is -2.12. The van der Waals surface area contributed by atoms with Gasteiger partial charge in [-0.2, -0.15) is 4.68 Å². The van der Waals surface area contributed by atoms with E-state index in [9.17, 15) is 9.90 Å². The molecule has 1 N–H and O–H groups in total. The van der Waals surface area contributed by atoms with Crippen LogP contribution in [0.15, 0.2) is 42.5 Å². The largest absolute Gasteiger partial charge is 0.478 e. The van der Waals surface area contributed by atoms with Crippen molar-refractivity contribution >= 4 is 5.97 Å². The molecule has 0 aliphatic carbocycles. The quantitative estimate of drug-likeness (QED) is 0.769. The van der Waals surface area contributed by atoms with Crippen molar-refractivity contribution in [2.45, 2.75) is 20.0 Å².